The molecule has 0 aliphatic heterocycles. The molecule has 0 aromatic rings. The average molecular weight is 328 g/mol. The van der Waals surface area contributed by atoms with Gasteiger partial charge in [-0.05, 0) is 0 Å². The highest BCUT2D eigenvalue weighted by molar-refractivity contribution is 7.89. The summed E-state index contributed by atoms with van der Waals surface area (Å²) in [4.78, 5) is 21.6. The van der Waals surface area contributed by atoms with E-state index >= 15 is 0 Å². The van der Waals surface area contributed by atoms with Crippen LogP contribution in [0.1, 0.15) is 0 Å². The summed E-state index contributed by atoms with van der Waals surface area (Å²) >= 11 is 0. The Morgan fingerprint density at radius 3 is 1.40 bits per heavy atom. The highest BCUT2D eigenvalue weighted by Crippen LogP contribution is 1.82. The van der Waals surface area contributed by atoms with Gasteiger partial charge in [-0.3, -0.25) is 0 Å². The molecule has 0 atom stereocenters. The third kappa shape index (κ3) is 12.5. The van der Waals surface area contributed by atoms with Gasteiger partial charge in [0.2, 0.25) is 20.0 Å². The lowest BCUT2D eigenvalue weighted by Crippen LogP contribution is -2.30. The standard InChI is InChI=1S/C8H12N2O8S2/c1-19(13,14)9-7(11)17-5-3-4-6-18-8(12)10-20(2,15)16/h5-6H2,1-2H3,(H,9,11)(H,10,12). The molecule has 0 unspecified atom stereocenters. The van der Waals surface area contributed by atoms with Crippen LogP contribution in [0.3, 0.4) is 0 Å². The van der Waals surface area contributed by atoms with E-state index in [0.29, 0.717) is 0 Å². The van der Waals surface area contributed by atoms with Crippen LogP contribution in [-0.4, -0.2) is 54.7 Å². The predicted molar refractivity (Wildman–Crippen MR) is 66.4 cm³/mol. The highest BCUT2D eigenvalue weighted by atomic mass is 32.2. The predicted octanol–water partition coefficient (Wildman–Crippen LogP) is -1.64. The second-order valence-electron chi connectivity index (χ2n) is 3.25. The smallest absolute Gasteiger partial charge is 0.421 e. The lowest BCUT2D eigenvalue weighted by atomic mass is 10.6. The lowest BCUT2D eigenvalue weighted by molar-refractivity contribution is 0.163. The normalized spacial score (nSPS) is 10.7. The van der Waals surface area contributed by atoms with E-state index in [1.807, 2.05) is 0 Å². The third-order valence-electron chi connectivity index (χ3n) is 1.21. The molecule has 0 saturated carbocycles. The van der Waals surface area contributed by atoms with Gasteiger partial charge in [-0.2, -0.15) is 0 Å². The number of carbonyl (C=O) groups excluding carboxylic acids is 2. The molecule has 0 aliphatic rings. The SMILES string of the molecule is CS(=O)(=O)NC(=O)OCC#CCOC(=O)NS(C)(=O)=O. The molecule has 2 amide bonds. The van der Waals surface area contributed by atoms with Crippen LogP contribution in [0.5, 0.6) is 0 Å². The minimum atomic E-state index is -3.71. The van der Waals surface area contributed by atoms with Crippen LogP contribution in [0, 0.1) is 11.8 Å². The van der Waals surface area contributed by atoms with Gasteiger partial charge < -0.3 is 9.47 Å². The van der Waals surface area contributed by atoms with Crippen molar-refractivity contribution in [2.45, 2.75) is 0 Å². The molecule has 0 fully saturated rings. The van der Waals surface area contributed by atoms with Gasteiger partial charge >= 0.3 is 12.2 Å². The first-order valence-corrected chi connectivity index (χ1v) is 8.53. The molecule has 0 saturated heterocycles. The van der Waals surface area contributed by atoms with Crippen molar-refractivity contribution >= 4 is 32.2 Å². The third-order valence-corrected chi connectivity index (χ3v) is 2.29. The Balaban J connectivity index is 3.91. The van der Waals surface area contributed by atoms with Crippen molar-refractivity contribution in [3.63, 3.8) is 0 Å². The van der Waals surface area contributed by atoms with Crippen LogP contribution < -0.4 is 9.44 Å². The molecule has 0 aromatic carbocycles. The molecule has 114 valence electrons. The molecule has 12 heteroatoms. The van der Waals surface area contributed by atoms with Crippen LogP contribution in [0.15, 0.2) is 0 Å². The summed E-state index contributed by atoms with van der Waals surface area (Å²) in [5.41, 5.74) is 0. The molecule has 0 bridgehead atoms. The topological polar surface area (TPSA) is 145 Å². The zero-order valence-corrected chi connectivity index (χ0v) is 12.1. The van der Waals surface area contributed by atoms with Gasteiger partial charge in [0.25, 0.3) is 0 Å². The Morgan fingerprint density at radius 2 is 1.15 bits per heavy atom. The number of sulfonamides is 2. The highest BCUT2D eigenvalue weighted by Gasteiger charge is 2.08. The van der Waals surface area contributed by atoms with Crippen molar-refractivity contribution in [2.75, 3.05) is 25.7 Å². The van der Waals surface area contributed by atoms with Gasteiger partial charge in [0, 0.05) is 0 Å². The van der Waals surface area contributed by atoms with Crippen molar-refractivity contribution in [2.24, 2.45) is 0 Å². The van der Waals surface area contributed by atoms with E-state index < -0.39 is 45.4 Å². The fourth-order valence-corrected chi connectivity index (χ4v) is 1.39. The number of hydrogen-bond donors (Lipinski definition) is 2. The number of ether oxygens (including phenoxy) is 2. The molecule has 0 spiro atoms. The van der Waals surface area contributed by atoms with Gasteiger partial charge in [-0.15, -0.1) is 0 Å². The number of nitrogens with one attached hydrogen (secondary N) is 2. The van der Waals surface area contributed by atoms with E-state index in [4.69, 9.17) is 0 Å². The fraction of sp³-hybridized carbons (Fsp3) is 0.500. The zero-order chi connectivity index (χ0) is 15.8. The summed E-state index contributed by atoms with van der Waals surface area (Å²) in [7, 11) is -7.41. The minimum Gasteiger partial charge on any atom is -0.436 e. The van der Waals surface area contributed by atoms with Gasteiger partial charge in [-0.1, -0.05) is 11.8 Å². The number of hydrogen-bond acceptors (Lipinski definition) is 8. The second-order valence-corrected chi connectivity index (χ2v) is 6.75. The summed E-state index contributed by atoms with van der Waals surface area (Å²) < 4.78 is 54.2. The molecular formula is C8H12N2O8S2. The molecule has 0 rings (SSSR count). The molecule has 0 radical (unpaired) electrons. The fourth-order valence-electron chi connectivity index (χ4n) is 0.667. The Labute approximate surface area is 115 Å². The number of amides is 2. The Bertz CT molecular complexity index is 571. The maximum absolute atomic E-state index is 10.8. The van der Waals surface area contributed by atoms with Crippen LogP contribution in [-0.2, 0) is 29.5 Å². The van der Waals surface area contributed by atoms with E-state index in [1.54, 1.807) is 0 Å². The van der Waals surface area contributed by atoms with Crippen LogP contribution in [0.4, 0.5) is 9.59 Å². The van der Waals surface area contributed by atoms with E-state index in [9.17, 15) is 26.4 Å². The summed E-state index contributed by atoms with van der Waals surface area (Å²) in [6, 6.07) is 0. The van der Waals surface area contributed by atoms with Gasteiger partial charge in [-0.25, -0.2) is 35.9 Å². The number of rotatable bonds is 4. The first-order chi connectivity index (χ1) is 8.99. The van der Waals surface area contributed by atoms with Gasteiger partial charge in [0.05, 0.1) is 12.5 Å². The molecule has 20 heavy (non-hydrogen) atoms. The first-order valence-electron chi connectivity index (χ1n) is 4.74. The molecular weight excluding hydrogens is 316 g/mol. The lowest BCUT2D eigenvalue weighted by Gasteiger charge is -2.01. The van der Waals surface area contributed by atoms with Crippen LogP contribution >= 0.6 is 0 Å². The summed E-state index contributed by atoms with van der Waals surface area (Å²) in [5, 5.41) is 0. The van der Waals surface area contributed by atoms with Crippen molar-refractivity contribution < 1.29 is 35.9 Å². The van der Waals surface area contributed by atoms with Crippen LogP contribution in [0.25, 0.3) is 0 Å². The van der Waals surface area contributed by atoms with E-state index in [1.165, 1.54) is 9.44 Å². The molecule has 0 aromatic heterocycles. The maximum Gasteiger partial charge on any atom is 0.421 e. The van der Waals surface area contributed by atoms with Crippen molar-refractivity contribution in [1.29, 1.82) is 0 Å². The van der Waals surface area contributed by atoms with Crippen LogP contribution in [0.2, 0.25) is 0 Å². The average Bonchev–Trinajstić information content (AvgIpc) is 2.17. The van der Waals surface area contributed by atoms with Crippen molar-refractivity contribution in [3.05, 3.63) is 0 Å². The van der Waals surface area contributed by atoms with E-state index in [0.717, 1.165) is 12.5 Å². The van der Waals surface area contributed by atoms with E-state index in [2.05, 4.69) is 21.3 Å². The van der Waals surface area contributed by atoms with E-state index in [-0.39, 0.29) is 0 Å². The Hall–Kier alpha value is -2.00. The Kier molecular flexibility index (Phi) is 6.80. The molecule has 2 N–H and O–H groups in total. The van der Waals surface area contributed by atoms with Crippen molar-refractivity contribution in [1.82, 2.24) is 9.44 Å². The second kappa shape index (κ2) is 7.56. The maximum atomic E-state index is 10.8. The zero-order valence-electron chi connectivity index (χ0n) is 10.5. The largest absolute Gasteiger partial charge is 0.436 e. The van der Waals surface area contributed by atoms with Crippen molar-refractivity contribution in [3.8, 4) is 11.8 Å². The molecule has 0 heterocycles. The summed E-state index contributed by atoms with van der Waals surface area (Å²) in [6.45, 7) is -0.864. The molecule has 0 aliphatic carbocycles. The monoisotopic (exact) mass is 328 g/mol. The van der Waals surface area contributed by atoms with Gasteiger partial charge in [0.1, 0.15) is 0 Å². The number of carbonyl (C=O) groups is 2. The summed E-state index contributed by atoms with van der Waals surface area (Å²) in [6.07, 6.45) is -0.849. The van der Waals surface area contributed by atoms with Gasteiger partial charge in [0.15, 0.2) is 13.2 Å². The quantitative estimate of drug-likeness (QED) is 0.585. The first kappa shape index (κ1) is 18.0. The minimum absolute atomic E-state index is 0.432. The summed E-state index contributed by atoms with van der Waals surface area (Å²) in [5.74, 6) is 4.48. The molecule has 10 nitrogen and oxygen atoms in total. The Morgan fingerprint density at radius 1 is 0.850 bits per heavy atom.